The summed E-state index contributed by atoms with van der Waals surface area (Å²) in [5.41, 5.74) is 4.51. The number of ether oxygens (including phenoxy) is 2. The Kier molecular flexibility index (Phi) is 9.81. The number of esters is 1. The number of methoxy groups -OCH3 is 1. The van der Waals surface area contributed by atoms with E-state index in [1.54, 1.807) is 13.0 Å². The van der Waals surface area contributed by atoms with E-state index in [4.69, 9.17) is 4.74 Å². The van der Waals surface area contributed by atoms with Crippen molar-refractivity contribution >= 4 is 34.8 Å². The molecular weight excluding hydrogens is 496 g/mol. The number of fused-ring (bicyclic) bond motifs is 1. The molecule has 2 amide bonds. The van der Waals surface area contributed by atoms with Gasteiger partial charge in [0.2, 0.25) is 5.91 Å². The van der Waals surface area contributed by atoms with E-state index in [0.717, 1.165) is 68.9 Å². The van der Waals surface area contributed by atoms with Crippen molar-refractivity contribution in [2.24, 2.45) is 0 Å². The predicted octanol–water partition coefficient (Wildman–Crippen LogP) is 4.28. The van der Waals surface area contributed by atoms with Crippen LogP contribution < -0.4 is 20.4 Å². The molecule has 2 unspecified atom stereocenters. The van der Waals surface area contributed by atoms with Crippen LogP contribution >= 0.6 is 0 Å². The van der Waals surface area contributed by atoms with Gasteiger partial charge in [-0.3, -0.25) is 14.4 Å². The van der Waals surface area contributed by atoms with Crippen LogP contribution in [0.5, 0.6) is 0 Å². The van der Waals surface area contributed by atoms with E-state index in [9.17, 15) is 14.4 Å². The Morgan fingerprint density at radius 2 is 1.77 bits per heavy atom. The standard InChI is InChI=1S/C30H40N4O5/c1-21-19-27(32-24-9-11-25(12-10-24)33-15-17-39-18-16-33)26-20-23(8-13-28(26)34(21)22(2)35)30(37)31-14-6-4-5-7-29(36)38-3/h8-13,20-21,27,32H,4-7,14-19H2,1-3H3,(H,31,37). The summed E-state index contributed by atoms with van der Waals surface area (Å²) < 4.78 is 10.1. The molecule has 2 aromatic rings. The van der Waals surface area contributed by atoms with E-state index in [2.05, 4.69) is 51.5 Å². The molecule has 0 aliphatic carbocycles. The van der Waals surface area contributed by atoms with Gasteiger partial charge in [0.05, 0.1) is 26.4 Å². The van der Waals surface area contributed by atoms with E-state index < -0.39 is 0 Å². The van der Waals surface area contributed by atoms with Crippen LogP contribution in [0.15, 0.2) is 42.5 Å². The lowest BCUT2D eigenvalue weighted by atomic mass is 9.90. The molecule has 1 saturated heterocycles. The van der Waals surface area contributed by atoms with Crippen LogP contribution in [-0.4, -0.2) is 63.8 Å². The molecule has 2 atom stereocenters. The van der Waals surface area contributed by atoms with Gasteiger partial charge in [-0.25, -0.2) is 0 Å². The van der Waals surface area contributed by atoms with E-state index in [-0.39, 0.29) is 29.9 Å². The molecule has 9 nitrogen and oxygen atoms in total. The van der Waals surface area contributed by atoms with Crippen LogP contribution in [0, 0.1) is 0 Å². The molecular formula is C30H40N4O5. The Balaban J connectivity index is 1.45. The first kappa shape index (κ1) is 28.4. The molecule has 2 aliphatic heterocycles. The molecule has 2 aromatic carbocycles. The second kappa shape index (κ2) is 13.5. The minimum absolute atomic E-state index is 0.0128. The third kappa shape index (κ3) is 7.29. The lowest BCUT2D eigenvalue weighted by molar-refractivity contribution is -0.140. The Hall–Kier alpha value is -3.59. The van der Waals surface area contributed by atoms with Crippen LogP contribution in [0.4, 0.5) is 17.1 Å². The predicted molar refractivity (Wildman–Crippen MR) is 152 cm³/mol. The topological polar surface area (TPSA) is 100 Å². The minimum Gasteiger partial charge on any atom is -0.469 e. The average molecular weight is 537 g/mol. The molecule has 4 rings (SSSR count). The molecule has 1 fully saturated rings. The SMILES string of the molecule is COC(=O)CCCCCNC(=O)c1ccc2c(c1)C(Nc1ccc(N3CCOCC3)cc1)CC(C)N2C(C)=O. The lowest BCUT2D eigenvalue weighted by Crippen LogP contribution is -2.43. The number of morpholine rings is 1. The van der Waals surface area contributed by atoms with Gasteiger partial charge < -0.3 is 29.9 Å². The summed E-state index contributed by atoms with van der Waals surface area (Å²) in [6, 6.07) is 14.0. The Morgan fingerprint density at radius 3 is 2.46 bits per heavy atom. The van der Waals surface area contributed by atoms with Crippen LogP contribution in [0.25, 0.3) is 0 Å². The van der Waals surface area contributed by atoms with Crippen molar-refractivity contribution in [3.05, 3.63) is 53.6 Å². The summed E-state index contributed by atoms with van der Waals surface area (Å²) in [5.74, 6) is -0.369. The maximum atomic E-state index is 13.0. The van der Waals surface area contributed by atoms with Gasteiger partial charge >= 0.3 is 5.97 Å². The summed E-state index contributed by atoms with van der Waals surface area (Å²) in [7, 11) is 1.39. The third-order valence-corrected chi connectivity index (χ3v) is 7.44. The Bertz CT molecular complexity index is 1150. The maximum Gasteiger partial charge on any atom is 0.305 e. The third-order valence-electron chi connectivity index (χ3n) is 7.44. The number of unbranched alkanes of at least 4 members (excludes halogenated alkanes) is 2. The largest absolute Gasteiger partial charge is 0.469 e. The fourth-order valence-corrected chi connectivity index (χ4v) is 5.39. The number of carbonyl (C=O) groups excluding carboxylic acids is 3. The molecule has 0 radical (unpaired) electrons. The highest BCUT2D eigenvalue weighted by molar-refractivity contribution is 5.97. The first-order valence-electron chi connectivity index (χ1n) is 13.9. The van der Waals surface area contributed by atoms with Crippen molar-refractivity contribution in [3.8, 4) is 0 Å². The highest BCUT2D eigenvalue weighted by Gasteiger charge is 2.33. The van der Waals surface area contributed by atoms with Crippen molar-refractivity contribution in [3.63, 3.8) is 0 Å². The number of amides is 2. The molecule has 210 valence electrons. The summed E-state index contributed by atoms with van der Waals surface area (Å²) in [6.45, 7) is 7.44. The average Bonchev–Trinajstić information content (AvgIpc) is 2.95. The molecule has 2 aliphatic rings. The Morgan fingerprint density at radius 1 is 1.03 bits per heavy atom. The fourth-order valence-electron chi connectivity index (χ4n) is 5.39. The van der Waals surface area contributed by atoms with Crippen LogP contribution in [0.1, 0.15) is 67.9 Å². The number of nitrogens with zero attached hydrogens (tertiary/aromatic N) is 2. The highest BCUT2D eigenvalue weighted by atomic mass is 16.5. The summed E-state index contributed by atoms with van der Waals surface area (Å²) in [6.07, 6.45) is 3.48. The van der Waals surface area contributed by atoms with Gasteiger partial charge in [-0.15, -0.1) is 0 Å². The Labute approximate surface area is 230 Å². The molecule has 0 spiro atoms. The molecule has 0 saturated carbocycles. The van der Waals surface area contributed by atoms with Gasteiger partial charge in [0.15, 0.2) is 0 Å². The summed E-state index contributed by atoms with van der Waals surface area (Å²) in [5, 5.41) is 6.64. The van der Waals surface area contributed by atoms with E-state index in [1.165, 1.54) is 12.8 Å². The smallest absolute Gasteiger partial charge is 0.305 e. The van der Waals surface area contributed by atoms with Crippen molar-refractivity contribution < 1.29 is 23.9 Å². The number of hydrogen-bond donors (Lipinski definition) is 2. The normalized spacial score (nSPS) is 18.7. The first-order valence-corrected chi connectivity index (χ1v) is 13.9. The summed E-state index contributed by atoms with van der Waals surface area (Å²) in [4.78, 5) is 40.8. The van der Waals surface area contributed by atoms with E-state index in [1.807, 2.05) is 17.0 Å². The second-order valence-electron chi connectivity index (χ2n) is 10.2. The first-order chi connectivity index (χ1) is 18.9. The van der Waals surface area contributed by atoms with Gasteiger partial charge in [-0.05, 0) is 74.2 Å². The zero-order valence-electron chi connectivity index (χ0n) is 23.2. The van der Waals surface area contributed by atoms with Crippen LogP contribution in [0.2, 0.25) is 0 Å². The zero-order valence-corrected chi connectivity index (χ0v) is 23.2. The number of benzene rings is 2. The number of rotatable bonds is 10. The van der Waals surface area contributed by atoms with Crippen molar-refractivity contribution in [1.82, 2.24) is 5.32 Å². The van der Waals surface area contributed by atoms with Crippen LogP contribution in [0.3, 0.4) is 0 Å². The number of nitrogens with one attached hydrogen (secondary N) is 2. The minimum atomic E-state index is -0.210. The van der Waals surface area contributed by atoms with E-state index in [0.29, 0.717) is 18.5 Å². The van der Waals surface area contributed by atoms with Crippen molar-refractivity contribution in [2.45, 2.75) is 58.0 Å². The molecule has 0 aromatic heterocycles. The molecule has 9 heteroatoms. The summed E-state index contributed by atoms with van der Waals surface area (Å²) >= 11 is 0. The lowest BCUT2D eigenvalue weighted by Gasteiger charge is -2.39. The van der Waals surface area contributed by atoms with Gasteiger partial charge in [0, 0.05) is 61.6 Å². The maximum absolute atomic E-state index is 13.0. The fraction of sp³-hybridized carbons (Fsp3) is 0.500. The van der Waals surface area contributed by atoms with Gasteiger partial charge in [0.25, 0.3) is 5.91 Å². The number of hydrogen-bond acceptors (Lipinski definition) is 7. The molecule has 0 bridgehead atoms. The highest BCUT2D eigenvalue weighted by Crippen LogP contribution is 2.40. The zero-order chi connectivity index (χ0) is 27.8. The van der Waals surface area contributed by atoms with Gasteiger partial charge in [0.1, 0.15) is 0 Å². The molecule has 2 heterocycles. The van der Waals surface area contributed by atoms with Crippen molar-refractivity contribution in [1.29, 1.82) is 0 Å². The van der Waals surface area contributed by atoms with Crippen LogP contribution in [-0.2, 0) is 19.1 Å². The quantitative estimate of drug-likeness (QED) is 0.345. The number of carbonyl (C=O) groups is 3. The van der Waals surface area contributed by atoms with Crippen molar-refractivity contribution in [2.75, 3.05) is 55.1 Å². The van der Waals surface area contributed by atoms with Gasteiger partial charge in [-0.2, -0.15) is 0 Å². The molecule has 2 N–H and O–H groups in total. The second-order valence-corrected chi connectivity index (χ2v) is 10.2. The number of anilines is 3. The monoisotopic (exact) mass is 536 g/mol. The van der Waals surface area contributed by atoms with E-state index >= 15 is 0 Å². The molecule has 39 heavy (non-hydrogen) atoms. The van der Waals surface area contributed by atoms with Gasteiger partial charge in [-0.1, -0.05) is 6.42 Å².